The fourth-order valence-electron chi connectivity index (χ4n) is 3.70. The summed E-state index contributed by atoms with van der Waals surface area (Å²) in [7, 11) is 0. The summed E-state index contributed by atoms with van der Waals surface area (Å²) in [5, 5.41) is 3.72. The SMILES string of the molecule is CC(C)NC(=O)N1Cc2ccccc2-n2cccc2[C@H]1c1cccc(Cl)c1. The molecular formula is C22H22ClN3O. The molecule has 5 heteroatoms. The maximum atomic E-state index is 13.1. The molecule has 4 nitrogen and oxygen atoms in total. The molecule has 0 bridgehead atoms. The van der Waals surface area contributed by atoms with Gasteiger partial charge >= 0.3 is 6.03 Å². The Bertz CT molecular complexity index is 979. The number of nitrogens with one attached hydrogen (secondary N) is 1. The highest BCUT2D eigenvalue weighted by atomic mass is 35.5. The van der Waals surface area contributed by atoms with Crippen LogP contribution in [0.25, 0.3) is 5.69 Å². The van der Waals surface area contributed by atoms with Crippen LogP contribution < -0.4 is 5.32 Å². The smallest absolute Gasteiger partial charge is 0.318 e. The zero-order chi connectivity index (χ0) is 19.0. The molecule has 0 spiro atoms. The average Bonchev–Trinajstić information content (AvgIpc) is 3.05. The number of halogens is 1. The van der Waals surface area contributed by atoms with Crippen LogP contribution in [0.2, 0.25) is 5.02 Å². The second-order valence-electron chi connectivity index (χ2n) is 7.12. The van der Waals surface area contributed by atoms with Crippen molar-refractivity contribution in [2.24, 2.45) is 0 Å². The van der Waals surface area contributed by atoms with Gasteiger partial charge in [-0.25, -0.2) is 4.79 Å². The Morgan fingerprint density at radius 2 is 1.93 bits per heavy atom. The van der Waals surface area contributed by atoms with E-state index in [1.54, 1.807) is 0 Å². The Kier molecular flexibility index (Phi) is 4.66. The van der Waals surface area contributed by atoms with Gasteiger partial charge in [0.15, 0.2) is 0 Å². The van der Waals surface area contributed by atoms with Crippen LogP contribution in [0.5, 0.6) is 0 Å². The van der Waals surface area contributed by atoms with Crippen LogP contribution in [0.1, 0.15) is 36.7 Å². The monoisotopic (exact) mass is 379 g/mol. The van der Waals surface area contributed by atoms with E-state index >= 15 is 0 Å². The summed E-state index contributed by atoms with van der Waals surface area (Å²) in [6, 6.07) is 19.8. The van der Waals surface area contributed by atoms with E-state index in [-0.39, 0.29) is 18.1 Å². The summed E-state index contributed by atoms with van der Waals surface area (Å²) >= 11 is 6.28. The lowest BCUT2D eigenvalue weighted by atomic mass is 10.0. The van der Waals surface area contributed by atoms with Crippen LogP contribution in [0.3, 0.4) is 0 Å². The third-order valence-electron chi connectivity index (χ3n) is 4.80. The molecule has 27 heavy (non-hydrogen) atoms. The predicted octanol–water partition coefficient (Wildman–Crippen LogP) is 5.15. The number of carbonyl (C=O) groups excluding carboxylic acids is 1. The van der Waals surface area contributed by atoms with Crippen LogP contribution in [0.4, 0.5) is 4.79 Å². The van der Waals surface area contributed by atoms with Crippen LogP contribution in [0.15, 0.2) is 66.9 Å². The van der Waals surface area contributed by atoms with Crippen molar-refractivity contribution in [3.8, 4) is 5.69 Å². The van der Waals surface area contributed by atoms with E-state index in [1.807, 2.05) is 61.2 Å². The molecule has 1 aromatic heterocycles. The third-order valence-corrected chi connectivity index (χ3v) is 5.04. The van der Waals surface area contributed by atoms with E-state index < -0.39 is 0 Å². The molecule has 0 fully saturated rings. The molecule has 0 saturated carbocycles. The molecule has 4 rings (SSSR count). The number of hydrogen-bond acceptors (Lipinski definition) is 1. The van der Waals surface area contributed by atoms with E-state index in [0.717, 1.165) is 22.5 Å². The lowest BCUT2D eigenvalue weighted by Crippen LogP contribution is -2.44. The van der Waals surface area contributed by atoms with Gasteiger partial charge in [-0.05, 0) is 55.3 Å². The molecule has 2 amide bonds. The highest BCUT2D eigenvalue weighted by Crippen LogP contribution is 2.37. The number of para-hydroxylation sites is 1. The molecule has 1 atom stereocenters. The van der Waals surface area contributed by atoms with Gasteiger partial charge in [0.05, 0.1) is 18.3 Å². The van der Waals surface area contributed by atoms with Crippen LogP contribution in [0, 0.1) is 0 Å². The molecule has 2 heterocycles. The van der Waals surface area contributed by atoms with E-state index in [1.165, 1.54) is 0 Å². The maximum absolute atomic E-state index is 13.1. The number of amides is 2. The lowest BCUT2D eigenvalue weighted by Gasteiger charge is -2.31. The van der Waals surface area contributed by atoms with Crippen molar-refractivity contribution in [3.63, 3.8) is 0 Å². The van der Waals surface area contributed by atoms with Gasteiger partial charge in [-0.3, -0.25) is 0 Å². The van der Waals surface area contributed by atoms with Gasteiger partial charge in [0.2, 0.25) is 0 Å². The molecular weight excluding hydrogens is 358 g/mol. The number of hydrogen-bond donors (Lipinski definition) is 1. The number of nitrogens with zero attached hydrogens (tertiary/aromatic N) is 2. The highest BCUT2D eigenvalue weighted by molar-refractivity contribution is 6.30. The van der Waals surface area contributed by atoms with Gasteiger partial charge in [-0.1, -0.05) is 41.9 Å². The summed E-state index contributed by atoms with van der Waals surface area (Å²) in [6.45, 7) is 4.47. The molecule has 1 aliphatic rings. The zero-order valence-corrected chi connectivity index (χ0v) is 16.1. The van der Waals surface area contributed by atoms with Crippen molar-refractivity contribution in [1.29, 1.82) is 0 Å². The Balaban J connectivity index is 1.91. The van der Waals surface area contributed by atoms with E-state index in [2.05, 4.69) is 34.3 Å². The molecule has 0 aliphatic carbocycles. The van der Waals surface area contributed by atoms with Crippen molar-refractivity contribution < 1.29 is 4.79 Å². The minimum Gasteiger partial charge on any atom is -0.336 e. The number of carbonyl (C=O) groups is 1. The molecule has 1 aliphatic heterocycles. The summed E-state index contributed by atoms with van der Waals surface area (Å²) in [5.74, 6) is 0. The minimum absolute atomic E-state index is 0.0581. The normalized spacial score (nSPS) is 15.9. The van der Waals surface area contributed by atoms with Crippen molar-refractivity contribution in [2.45, 2.75) is 32.5 Å². The van der Waals surface area contributed by atoms with Crippen molar-refractivity contribution in [1.82, 2.24) is 14.8 Å². The molecule has 2 aromatic carbocycles. The predicted molar refractivity (Wildman–Crippen MR) is 108 cm³/mol. The number of fused-ring (bicyclic) bond motifs is 3. The van der Waals surface area contributed by atoms with Crippen molar-refractivity contribution >= 4 is 17.6 Å². The third kappa shape index (κ3) is 3.33. The largest absolute Gasteiger partial charge is 0.336 e. The standard InChI is InChI=1S/C22H22ClN3O/c1-15(2)24-22(27)26-14-17-7-3-4-10-19(17)25-12-6-11-20(25)21(26)16-8-5-9-18(23)13-16/h3-13,15,21H,14H2,1-2H3,(H,24,27)/t21-/m1/s1. The van der Waals surface area contributed by atoms with Gasteiger partial charge in [0.1, 0.15) is 0 Å². The fourth-order valence-corrected chi connectivity index (χ4v) is 3.90. The van der Waals surface area contributed by atoms with Crippen LogP contribution >= 0.6 is 11.6 Å². The first-order valence-electron chi connectivity index (χ1n) is 9.12. The number of urea groups is 1. The van der Waals surface area contributed by atoms with Gasteiger partial charge in [-0.2, -0.15) is 0 Å². The van der Waals surface area contributed by atoms with E-state index in [0.29, 0.717) is 11.6 Å². The summed E-state index contributed by atoms with van der Waals surface area (Å²) in [4.78, 5) is 15.0. The van der Waals surface area contributed by atoms with E-state index in [4.69, 9.17) is 11.6 Å². The summed E-state index contributed by atoms with van der Waals surface area (Å²) in [5.41, 5.74) is 4.25. The molecule has 1 N–H and O–H groups in total. The number of rotatable bonds is 2. The average molecular weight is 380 g/mol. The number of aromatic nitrogens is 1. The van der Waals surface area contributed by atoms with Crippen LogP contribution in [-0.2, 0) is 6.54 Å². The topological polar surface area (TPSA) is 37.3 Å². The first kappa shape index (κ1) is 17.7. The van der Waals surface area contributed by atoms with Crippen molar-refractivity contribution in [3.05, 3.63) is 88.7 Å². The second kappa shape index (κ2) is 7.12. The van der Waals surface area contributed by atoms with Gasteiger partial charge in [-0.15, -0.1) is 0 Å². The van der Waals surface area contributed by atoms with Crippen molar-refractivity contribution in [2.75, 3.05) is 0 Å². The fraction of sp³-hybridized carbons (Fsp3) is 0.227. The minimum atomic E-state index is -0.232. The first-order chi connectivity index (χ1) is 13.0. The molecule has 3 aromatic rings. The van der Waals surface area contributed by atoms with E-state index in [9.17, 15) is 4.79 Å². The van der Waals surface area contributed by atoms with Gasteiger partial charge < -0.3 is 14.8 Å². The molecule has 0 unspecified atom stereocenters. The second-order valence-corrected chi connectivity index (χ2v) is 7.56. The molecule has 138 valence electrons. The summed E-state index contributed by atoms with van der Waals surface area (Å²) < 4.78 is 2.17. The quantitative estimate of drug-likeness (QED) is 0.656. The highest BCUT2D eigenvalue weighted by Gasteiger charge is 2.33. The Morgan fingerprint density at radius 1 is 1.11 bits per heavy atom. The maximum Gasteiger partial charge on any atom is 0.318 e. The summed E-state index contributed by atoms with van der Waals surface area (Å²) in [6.07, 6.45) is 2.05. The zero-order valence-electron chi connectivity index (χ0n) is 15.4. The Morgan fingerprint density at radius 3 is 2.70 bits per heavy atom. The first-order valence-corrected chi connectivity index (χ1v) is 9.50. The van der Waals surface area contributed by atoms with Gasteiger partial charge in [0.25, 0.3) is 0 Å². The van der Waals surface area contributed by atoms with Gasteiger partial charge in [0, 0.05) is 23.0 Å². The van der Waals surface area contributed by atoms with Crippen LogP contribution in [-0.4, -0.2) is 21.5 Å². The number of benzene rings is 2. The Labute approximate surface area is 164 Å². The molecule has 0 radical (unpaired) electrons. The molecule has 0 saturated heterocycles. The lowest BCUT2D eigenvalue weighted by molar-refractivity contribution is 0.178. The Hall–Kier alpha value is -2.72.